The summed E-state index contributed by atoms with van der Waals surface area (Å²) in [5, 5.41) is 0. The van der Waals surface area contributed by atoms with E-state index < -0.39 is 5.97 Å². The minimum Gasteiger partial charge on any atom is -0.496 e. The van der Waals surface area contributed by atoms with Gasteiger partial charge in [0, 0.05) is 17.2 Å². The van der Waals surface area contributed by atoms with E-state index in [1.807, 2.05) is 18.2 Å². The summed E-state index contributed by atoms with van der Waals surface area (Å²) >= 11 is 3.31. The molecule has 0 saturated carbocycles. The monoisotopic (exact) mass is 404 g/mol. The molecule has 0 spiro atoms. The molecule has 0 bridgehead atoms. The van der Waals surface area contributed by atoms with E-state index in [4.69, 9.17) is 14.2 Å². The summed E-state index contributed by atoms with van der Waals surface area (Å²) in [5.74, 6) is 0.355. The summed E-state index contributed by atoms with van der Waals surface area (Å²) in [6, 6.07) is 12.2. The Morgan fingerprint density at radius 2 is 1.76 bits per heavy atom. The van der Waals surface area contributed by atoms with Gasteiger partial charge in [0.15, 0.2) is 12.4 Å². The van der Waals surface area contributed by atoms with Gasteiger partial charge < -0.3 is 14.2 Å². The minimum atomic E-state index is -0.605. The smallest absolute Gasteiger partial charge is 0.331 e. The van der Waals surface area contributed by atoms with Crippen LogP contribution >= 0.6 is 15.9 Å². The van der Waals surface area contributed by atoms with Crippen molar-refractivity contribution in [1.82, 2.24) is 0 Å². The van der Waals surface area contributed by atoms with E-state index in [9.17, 15) is 9.59 Å². The van der Waals surface area contributed by atoms with Crippen molar-refractivity contribution in [2.45, 2.75) is 0 Å². The molecule has 5 nitrogen and oxygen atoms in total. The average molecular weight is 405 g/mol. The Labute approximate surface area is 154 Å². The number of ketones is 1. The van der Waals surface area contributed by atoms with Crippen LogP contribution in [0.25, 0.3) is 6.08 Å². The van der Waals surface area contributed by atoms with Crippen molar-refractivity contribution in [1.29, 1.82) is 0 Å². The molecule has 0 amide bonds. The van der Waals surface area contributed by atoms with Crippen molar-refractivity contribution in [2.75, 3.05) is 20.8 Å². The van der Waals surface area contributed by atoms with Gasteiger partial charge in [-0.3, -0.25) is 4.79 Å². The number of ether oxygens (including phenoxy) is 3. The second-order valence-electron chi connectivity index (χ2n) is 4.96. The van der Waals surface area contributed by atoms with E-state index in [1.165, 1.54) is 13.2 Å². The largest absolute Gasteiger partial charge is 0.496 e. The maximum atomic E-state index is 12.1. The second-order valence-corrected chi connectivity index (χ2v) is 5.81. The van der Waals surface area contributed by atoms with Crippen molar-refractivity contribution in [3.8, 4) is 11.5 Å². The number of halogens is 1. The van der Waals surface area contributed by atoms with Gasteiger partial charge in [0.25, 0.3) is 0 Å². The number of hydrogen-bond acceptors (Lipinski definition) is 5. The molecular formula is C19H17BrO5. The molecule has 25 heavy (non-hydrogen) atoms. The molecule has 0 aliphatic heterocycles. The Morgan fingerprint density at radius 1 is 1.04 bits per heavy atom. The summed E-state index contributed by atoms with van der Waals surface area (Å²) < 4.78 is 15.9. The zero-order chi connectivity index (χ0) is 18.2. The molecule has 0 fully saturated rings. The summed E-state index contributed by atoms with van der Waals surface area (Å²) in [6.45, 7) is -0.339. The highest BCUT2D eigenvalue weighted by Crippen LogP contribution is 2.25. The number of methoxy groups -OCH3 is 2. The van der Waals surface area contributed by atoms with Crippen LogP contribution in [0.1, 0.15) is 15.9 Å². The molecule has 2 rings (SSSR count). The predicted octanol–water partition coefficient (Wildman–Crippen LogP) is 3.91. The van der Waals surface area contributed by atoms with Crippen molar-refractivity contribution in [2.24, 2.45) is 0 Å². The van der Waals surface area contributed by atoms with Crippen LogP contribution in [0.5, 0.6) is 11.5 Å². The van der Waals surface area contributed by atoms with Crippen molar-refractivity contribution in [3.05, 3.63) is 64.1 Å². The van der Waals surface area contributed by atoms with E-state index in [-0.39, 0.29) is 12.4 Å². The normalized spacial score (nSPS) is 10.5. The third kappa shape index (κ3) is 5.19. The molecule has 0 N–H and O–H groups in total. The summed E-state index contributed by atoms with van der Waals surface area (Å²) in [7, 11) is 3.09. The molecule has 6 heteroatoms. The zero-order valence-electron chi connectivity index (χ0n) is 13.8. The Bertz CT molecular complexity index is 798. The summed E-state index contributed by atoms with van der Waals surface area (Å²) in [4.78, 5) is 23.9. The molecule has 0 saturated heterocycles. The van der Waals surface area contributed by atoms with Crippen molar-refractivity contribution in [3.63, 3.8) is 0 Å². The van der Waals surface area contributed by atoms with Gasteiger partial charge in [-0.1, -0.05) is 18.2 Å². The van der Waals surface area contributed by atoms with E-state index in [0.717, 1.165) is 5.56 Å². The van der Waals surface area contributed by atoms with Crippen molar-refractivity contribution >= 4 is 33.8 Å². The second kappa shape index (κ2) is 9.03. The van der Waals surface area contributed by atoms with Gasteiger partial charge in [0.1, 0.15) is 11.5 Å². The molecule has 0 radical (unpaired) electrons. The van der Waals surface area contributed by atoms with Gasteiger partial charge in [-0.2, -0.15) is 0 Å². The topological polar surface area (TPSA) is 61.8 Å². The van der Waals surface area contributed by atoms with Crippen LogP contribution in [-0.2, 0) is 9.53 Å². The van der Waals surface area contributed by atoms with E-state index >= 15 is 0 Å². The lowest BCUT2D eigenvalue weighted by Gasteiger charge is -2.06. The predicted molar refractivity (Wildman–Crippen MR) is 98.0 cm³/mol. The van der Waals surface area contributed by atoms with Gasteiger partial charge in [-0.15, -0.1) is 0 Å². The lowest BCUT2D eigenvalue weighted by molar-refractivity contribution is -0.136. The Hall–Kier alpha value is -2.60. The van der Waals surface area contributed by atoms with Crippen LogP contribution in [0.2, 0.25) is 0 Å². The number of carbonyl (C=O) groups excluding carboxylic acids is 2. The number of para-hydroxylation sites is 1. The zero-order valence-corrected chi connectivity index (χ0v) is 15.4. The molecule has 0 heterocycles. The number of hydrogen-bond donors (Lipinski definition) is 0. The molecule has 2 aromatic carbocycles. The molecular weight excluding hydrogens is 388 g/mol. The number of rotatable bonds is 7. The first-order valence-electron chi connectivity index (χ1n) is 7.39. The molecule has 0 aliphatic rings. The third-order valence-corrected chi connectivity index (χ3v) is 3.98. The fourth-order valence-corrected chi connectivity index (χ4v) is 2.61. The number of esters is 1. The van der Waals surface area contributed by atoms with Gasteiger partial charge in [-0.05, 0) is 46.3 Å². The maximum absolute atomic E-state index is 12.1. The van der Waals surface area contributed by atoms with E-state index in [0.29, 0.717) is 21.5 Å². The first kappa shape index (κ1) is 18.7. The first-order chi connectivity index (χ1) is 12.0. The molecule has 0 aliphatic carbocycles. The molecule has 0 unspecified atom stereocenters. The fourth-order valence-electron chi connectivity index (χ4n) is 2.07. The number of benzene rings is 2. The van der Waals surface area contributed by atoms with E-state index in [2.05, 4.69) is 15.9 Å². The van der Waals surface area contributed by atoms with Crippen LogP contribution in [0, 0.1) is 0 Å². The quantitative estimate of drug-likeness (QED) is 0.397. The highest BCUT2D eigenvalue weighted by Gasteiger charge is 2.11. The van der Waals surface area contributed by atoms with Crippen LogP contribution in [-0.4, -0.2) is 32.6 Å². The molecule has 0 aromatic heterocycles. The molecule has 130 valence electrons. The fraction of sp³-hybridized carbons (Fsp3) is 0.158. The van der Waals surface area contributed by atoms with E-state index in [1.54, 1.807) is 37.5 Å². The van der Waals surface area contributed by atoms with Crippen LogP contribution in [0.15, 0.2) is 53.0 Å². The SMILES string of the molecule is COc1ccc(C(=O)COC(=O)/C=C/c2ccccc2OC)cc1Br. The number of carbonyl (C=O) groups is 2. The average Bonchev–Trinajstić information content (AvgIpc) is 2.64. The number of Topliss-reactive ketones (excluding diaryl/α,β-unsaturated/α-hetero) is 1. The van der Waals surface area contributed by atoms with Crippen molar-refractivity contribution < 1.29 is 23.8 Å². The Kier molecular flexibility index (Phi) is 6.77. The highest BCUT2D eigenvalue weighted by atomic mass is 79.9. The summed E-state index contributed by atoms with van der Waals surface area (Å²) in [5.41, 5.74) is 1.17. The minimum absolute atomic E-state index is 0.303. The van der Waals surface area contributed by atoms with Crippen LogP contribution in [0.3, 0.4) is 0 Å². The highest BCUT2D eigenvalue weighted by molar-refractivity contribution is 9.10. The lowest BCUT2D eigenvalue weighted by atomic mass is 10.1. The Balaban J connectivity index is 1.94. The molecule has 0 atom stereocenters. The van der Waals surface area contributed by atoms with Crippen LogP contribution in [0.4, 0.5) is 0 Å². The molecule has 2 aromatic rings. The van der Waals surface area contributed by atoms with Gasteiger partial charge in [0.05, 0.1) is 18.7 Å². The standard InChI is InChI=1S/C19H17BrO5/c1-23-17-6-4-3-5-13(17)8-10-19(22)25-12-16(21)14-7-9-18(24-2)15(20)11-14/h3-11H,12H2,1-2H3/b10-8+. The summed E-state index contributed by atoms with van der Waals surface area (Å²) in [6.07, 6.45) is 2.84. The van der Waals surface area contributed by atoms with Gasteiger partial charge in [0.2, 0.25) is 0 Å². The third-order valence-electron chi connectivity index (χ3n) is 3.36. The first-order valence-corrected chi connectivity index (χ1v) is 8.19. The maximum Gasteiger partial charge on any atom is 0.331 e. The lowest BCUT2D eigenvalue weighted by Crippen LogP contribution is -2.12. The van der Waals surface area contributed by atoms with Gasteiger partial charge in [-0.25, -0.2) is 4.79 Å². The van der Waals surface area contributed by atoms with Crippen LogP contribution < -0.4 is 9.47 Å². The Morgan fingerprint density at radius 3 is 2.44 bits per heavy atom. The van der Waals surface area contributed by atoms with Gasteiger partial charge >= 0.3 is 5.97 Å².